The van der Waals surface area contributed by atoms with Gasteiger partial charge in [-0.3, -0.25) is 4.79 Å². The van der Waals surface area contributed by atoms with Gasteiger partial charge in [0.15, 0.2) is 0 Å². The van der Waals surface area contributed by atoms with Gasteiger partial charge >= 0.3 is 0 Å². The lowest BCUT2D eigenvalue weighted by atomic mass is 10.3. The minimum atomic E-state index is -0.127. The molecule has 1 amide bonds. The number of benzene rings is 1. The van der Waals surface area contributed by atoms with E-state index in [9.17, 15) is 4.79 Å². The first-order valence-corrected chi connectivity index (χ1v) is 4.29. The van der Waals surface area contributed by atoms with Crippen LogP contribution in [0.25, 0.3) is 0 Å². The second kappa shape index (κ2) is 4.62. The summed E-state index contributed by atoms with van der Waals surface area (Å²) in [5.74, 6) is 0.595. The lowest BCUT2D eigenvalue weighted by Gasteiger charge is -2.16. The van der Waals surface area contributed by atoms with E-state index in [4.69, 9.17) is 10.5 Å². The molecule has 0 aliphatic rings. The summed E-state index contributed by atoms with van der Waals surface area (Å²) < 4.78 is 5.05. The standard InChI is InChI=1S/C10H14N2O2/c1-12(10(13)7-11)8-4-3-5-9(6-8)14-2/h3-6H,7,11H2,1-2H3. The molecular weight excluding hydrogens is 180 g/mol. The number of amides is 1. The SMILES string of the molecule is COc1cccc(N(C)C(=O)CN)c1. The molecule has 14 heavy (non-hydrogen) atoms. The molecule has 4 heteroatoms. The molecular formula is C10H14N2O2. The highest BCUT2D eigenvalue weighted by Crippen LogP contribution is 2.19. The van der Waals surface area contributed by atoms with E-state index >= 15 is 0 Å². The van der Waals surface area contributed by atoms with Crippen LogP contribution in [0.2, 0.25) is 0 Å². The molecule has 0 atom stereocenters. The van der Waals surface area contributed by atoms with Crippen LogP contribution in [-0.2, 0) is 4.79 Å². The molecule has 0 aromatic heterocycles. The van der Waals surface area contributed by atoms with Crippen LogP contribution in [0.4, 0.5) is 5.69 Å². The maximum absolute atomic E-state index is 11.3. The fraction of sp³-hybridized carbons (Fsp3) is 0.300. The molecule has 0 aliphatic heterocycles. The minimum absolute atomic E-state index is 0.00765. The molecule has 0 bridgehead atoms. The maximum Gasteiger partial charge on any atom is 0.240 e. The lowest BCUT2D eigenvalue weighted by Crippen LogP contribution is -2.32. The first kappa shape index (κ1) is 10.5. The number of likely N-dealkylation sites (N-methyl/N-ethyl adjacent to an activating group) is 1. The van der Waals surface area contributed by atoms with Crippen molar-refractivity contribution in [1.29, 1.82) is 0 Å². The molecule has 0 fully saturated rings. The number of rotatable bonds is 3. The Balaban J connectivity index is 2.89. The zero-order valence-electron chi connectivity index (χ0n) is 8.36. The Labute approximate surface area is 83.3 Å². The van der Waals surface area contributed by atoms with E-state index in [2.05, 4.69) is 0 Å². The fourth-order valence-electron chi connectivity index (χ4n) is 1.10. The van der Waals surface area contributed by atoms with Gasteiger partial charge < -0.3 is 15.4 Å². The topological polar surface area (TPSA) is 55.6 Å². The Morgan fingerprint density at radius 2 is 2.29 bits per heavy atom. The van der Waals surface area contributed by atoms with Gasteiger partial charge in [0.1, 0.15) is 5.75 Å². The molecule has 1 aromatic rings. The second-order valence-electron chi connectivity index (χ2n) is 2.86. The number of nitrogens with two attached hydrogens (primary N) is 1. The molecule has 0 saturated heterocycles. The number of anilines is 1. The predicted molar refractivity (Wildman–Crippen MR) is 55.5 cm³/mol. The van der Waals surface area contributed by atoms with Crippen molar-refractivity contribution in [2.45, 2.75) is 0 Å². The van der Waals surface area contributed by atoms with Gasteiger partial charge in [-0.25, -0.2) is 0 Å². The number of methoxy groups -OCH3 is 1. The molecule has 1 rings (SSSR count). The highest BCUT2D eigenvalue weighted by molar-refractivity contribution is 5.94. The number of carbonyl (C=O) groups is 1. The van der Waals surface area contributed by atoms with Crippen molar-refractivity contribution in [1.82, 2.24) is 0 Å². The Hall–Kier alpha value is -1.55. The summed E-state index contributed by atoms with van der Waals surface area (Å²) in [4.78, 5) is 12.8. The van der Waals surface area contributed by atoms with E-state index < -0.39 is 0 Å². The average molecular weight is 194 g/mol. The second-order valence-corrected chi connectivity index (χ2v) is 2.86. The number of hydrogen-bond acceptors (Lipinski definition) is 3. The van der Waals surface area contributed by atoms with Crippen molar-refractivity contribution in [2.24, 2.45) is 5.73 Å². The number of ether oxygens (including phenoxy) is 1. The summed E-state index contributed by atoms with van der Waals surface area (Å²) in [6.07, 6.45) is 0. The Kier molecular flexibility index (Phi) is 3.48. The van der Waals surface area contributed by atoms with E-state index in [1.807, 2.05) is 18.2 Å². The molecule has 0 unspecified atom stereocenters. The first-order chi connectivity index (χ1) is 6.69. The summed E-state index contributed by atoms with van der Waals surface area (Å²) in [5, 5.41) is 0. The average Bonchev–Trinajstić information content (AvgIpc) is 2.27. The zero-order valence-corrected chi connectivity index (χ0v) is 8.36. The van der Waals surface area contributed by atoms with Gasteiger partial charge in [-0.2, -0.15) is 0 Å². The van der Waals surface area contributed by atoms with Crippen LogP contribution in [0.3, 0.4) is 0 Å². The molecule has 2 N–H and O–H groups in total. The minimum Gasteiger partial charge on any atom is -0.497 e. The third kappa shape index (κ3) is 2.23. The van der Waals surface area contributed by atoms with Gasteiger partial charge in [0.05, 0.1) is 13.7 Å². The van der Waals surface area contributed by atoms with Crippen LogP contribution in [0, 0.1) is 0 Å². The van der Waals surface area contributed by atoms with Crippen LogP contribution in [0.5, 0.6) is 5.75 Å². The molecule has 0 spiro atoms. The van der Waals surface area contributed by atoms with Gasteiger partial charge in [0.2, 0.25) is 5.91 Å². The predicted octanol–water partition coefficient (Wildman–Crippen LogP) is 0.617. The number of nitrogens with zero attached hydrogens (tertiary/aromatic N) is 1. The monoisotopic (exact) mass is 194 g/mol. The van der Waals surface area contributed by atoms with Crippen molar-refractivity contribution in [3.8, 4) is 5.75 Å². The molecule has 1 aromatic carbocycles. The van der Waals surface area contributed by atoms with Crippen LogP contribution in [0.1, 0.15) is 0 Å². The lowest BCUT2D eigenvalue weighted by molar-refractivity contribution is -0.117. The molecule has 76 valence electrons. The van der Waals surface area contributed by atoms with E-state index in [1.54, 1.807) is 20.2 Å². The molecule has 0 saturated carbocycles. The van der Waals surface area contributed by atoms with Crippen molar-refractivity contribution in [3.63, 3.8) is 0 Å². The van der Waals surface area contributed by atoms with E-state index in [1.165, 1.54) is 4.90 Å². The zero-order chi connectivity index (χ0) is 10.6. The van der Waals surface area contributed by atoms with Crippen LogP contribution >= 0.6 is 0 Å². The number of carbonyl (C=O) groups excluding carboxylic acids is 1. The number of hydrogen-bond donors (Lipinski definition) is 1. The third-order valence-corrected chi connectivity index (χ3v) is 1.99. The summed E-state index contributed by atoms with van der Waals surface area (Å²) in [6, 6.07) is 7.27. The summed E-state index contributed by atoms with van der Waals surface area (Å²) in [5.41, 5.74) is 6.04. The summed E-state index contributed by atoms with van der Waals surface area (Å²) in [6.45, 7) is 0.00765. The van der Waals surface area contributed by atoms with Crippen molar-refractivity contribution in [3.05, 3.63) is 24.3 Å². The van der Waals surface area contributed by atoms with Gasteiger partial charge in [-0.15, -0.1) is 0 Å². The summed E-state index contributed by atoms with van der Waals surface area (Å²) in [7, 11) is 3.27. The Bertz CT molecular complexity index is 326. The van der Waals surface area contributed by atoms with Crippen LogP contribution in [0.15, 0.2) is 24.3 Å². The Morgan fingerprint density at radius 1 is 1.57 bits per heavy atom. The van der Waals surface area contributed by atoms with Gasteiger partial charge in [-0.1, -0.05) is 6.07 Å². The smallest absolute Gasteiger partial charge is 0.240 e. The quantitative estimate of drug-likeness (QED) is 0.767. The Morgan fingerprint density at radius 3 is 2.86 bits per heavy atom. The van der Waals surface area contributed by atoms with E-state index in [-0.39, 0.29) is 12.5 Å². The molecule has 0 radical (unpaired) electrons. The van der Waals surface area contributed by atoms with Crippen LogP contribution < -0.4 is 15.4 Å². The molecule has 0 aliphatic carbocycles. The maximum atomic E-state index is 11.3. The van der Waals surface area contributed by atoms with E-state index in [0.29, 0.717) is 0 Å². The van der Waals surface area contributed by atoms with Gasteiger partial charge in [-0.05, 0) is 12.1 Å². The summed E-state index contributed by atoms with van der Waals surface area (Å²) >= 11 is 0. The molecule has 4 nitrogen and oxygen atoms in total. The highest BCUT2D eigenvalue weighted by Gasteiger charge is 2.08. The first-order valence-electron chi connectivity index (χ1n) is 4.29. The largest absolute Gasteiger partial charge is 0.497 e. The van der Waals surface area contributed by atoms with Crippen molar-refractivity contribution >= 4 is 11.6 Å². The third-order valence-electron chi connectivity index (χ3n) is 1.99. The molecule has 0 heterocycles. The highest BCUT2D eigenvalue weighted by atomic mass is 16.5. The van der Waals surface area contributed by atoms with Gasteiger partial charge in [0, 0.05) is 18.8 Å². The fourth-order valence-corrected chi connectivity index (χ4v) is 1.10. The van der Waals surface area contributed by atoms with Crippen LogP contribution in [-0.4, -0.2) is 26.6 Å². The van der Waals surface area contributed by atoms with E-state index in [0.717, 1.165) is 11.4 Å². The normalized spacial score (nSPS) is 9.64. The van der Waals surface area contributed by atoms with Gasteiger partial charge in [0.25, 0.3) is 0 Å². The van der Waals surface area contributed by atoms with Crippen molar-refractivity contribution < 1.29 is 9.53 Å². The van der Waals surface area contributed by atoms with Crippen molar-refractivity contribution in [2.75, 3.05) is 25.6 Å².